The van der Waals surface area contributed by atoms with Gasteiger partial charge in [-0.05, 0) is 12.8 Å². The normalized spacial score (nSPS) is 9.56. The average Bonchev–Trinajstić information content (AvgIpc) is 2.37. The lowest BCUT2D eigenvalue weighted by Gasteiger charge is -2.03. The molecule has 0 unspecified atom stereocenters. The van der Waals surface area contributed by atoms with Crippen LogP contribution in [0.15, 0.2) is 25.3 Å². The zero-order valence-electron chi connectivity index (χ0n) is 10.9. The van der Waals surface area contributed by atoms with E-state index in [2.05, 4.69) is 13.2 Å². The third kappa shape index (κ3) is 10.9. The predicted molar refractivity (Wildman–Crippen MR) is 70.0 cm³/mol. The van der Waals surface area contributed by atoms with Gasteiger partial charge in [-0.15, -0.1) is 0 Å². The molecule has 0 fully saturated rings. The Bertz CT molecular complexity index is 243. The zero-order valence-corrected chi connectivity index (χ0v) is 10.9. The van der Waals surface area contributed by atoms with Gasteiger partial charge in [0.05, 0.1) is 0 Å². The van der Waals surface area contributed by atoms with Crippen molar-refractivity contribution in [3.63, 3.8) is 0 Å². The first kappa shape index (κ1) is 16.4. The first-order chi connectivity index (χ1) is 8.70. The molecule has 0 heterocycles. The molecule has 4 nitrogen and oxygen atoms in total. The molecular formula is C14H22O4. The molecule has 102 valence electrons. The van der Waals surface area contributed by atoms with E-state index >= 15 is 0 Å². The second-order valence-corrected chi connectivity index (χ2v) is 3.86. The first-order valence-electron chi connectivity index (χ1n) is 6.23. The van der Waals surface area contributed by atoms with Crippen molar-refractivity contribution >= 4 is 11.9 Å². The Labute approximate surface area is 109 Å². The van der Waals surface area contributed by atoms with E-state index in [0.717, 1.165) is 25.7 Å². The van der Waals surface area contributed by atoms with Crippen LogP contribution in [0.5, 0.6) is 0 Å². The monoisotopic (exact) mass is 254 g/mol. The maximum absolute atomic E-state index is 11.1. The highest BCUT2D eigenvalue weighted by Gasteiger charge is 2.03. The fourth-order valence-corrected chi connectivity index (χ4v) is 1.34. The first-order valence-corrected chi connectivity index (χ1v) is 6.23. The summed E-state index contributed by atoms with van der Waals surface area (Å²) in [4.78, 5) is 22.2. The molecule has 0 amide bonds. The molecule has 0 aromatic carbocycles. The lowest BCUT2D eigenvalue weighted by molar-refractivity contribution is -0.143. The molecule has 0 spiro atoms. The lowest BCUT2D eigenvalue weighted by Crippen LogP contribution is -2.04. The van der Waals surface area contributed by atoms with Crippen molar-refractivity contribution in [1.29, 1.82) is 0 Å². The number of esters is 2. The maximum atomic E-state index is 11.1. The third-order valence-corrected chi connectivity index (χ3v) is 2.24. The van der Waals surface area contributed by atoms with E-state index < -0.39 is 0 Å². The van der Waals surface area contributed by atoms with Crippen LogP contribution in [0.25, 0.3) is 0 Å². The molecule has 0 radical (unpaired) electrons. The minimum Gasteiger partial charge on any atom is -0.461 e. The van der Waals surface area contributed by atoms with E-state index in [1.165, 1.54) is 0 Å². The fraction of sp³-hybridized carbons (Fsp3) is 0.571. The molecular weight excluding hydrogens is 232 g/mol. The maximum Gasteiger partial charge on any atom is 0.306 e. The third-order valence-electron chi connectivity index (χ3n) is 2.24. The van der Waals surface area contributed by atoms with Crippen molar-refractivity contribution < 1.29 is 19.1 Å². The van der Waals surface area contributed by atoms with Gasteiger partial charge in [0.1, 0.15) is 13.2 Å². The topological polar surface area (TPSA) is 52.6 Å². The second kappa shape index (κ2) is 11.9. The predicted octanol–water partition coefficient (Wildman–Crippen LogP) is 2.79. The van der Waals surface area contributed by atoms with Crippen LogP contribution in [0.3, 0.4) is 0 Å². The summed E-state index contributed by atoms with van der Waals surface area (Å²) in [7, 11) is 0. The minimum atomic E-state index is -0.194. The van der Waals surface area contributed by atoms with Crippen LogP contribution in [-0.2, 0) is 19.1 Å². The molecule has 0 aliphatic carbocycles. The summed E-state index contributed by atoms with van der Waals surface area (Å²) in [6.07, 6.45) is 7.36. The molecule has 18 heavy (non-hydrogen) atoms. The summed E-state index contributed by atoms with van der Waals surface area (Å²) < 4.78 is 9.68. The van der Waals surface area contributed by atoms with E-state index in [4.69, 9.17) is 9.47 Å². The molecule has 0 saturated heterocycles. The Morgan fingerprint density at radius 3 is 1.50 bits per heavy atom. The van der Waals surface area contributed by atoms with E-state index in [1.54, 1.807) is 12.2 Å². The van der Waals surface area contributed by atoms with Gasteiger partial charge < -0.3 is 9.47 Å². The standard InChI is InChI=1S/C14H22O4/c1-3-11-17-13(15)9-7-5-6-8-10-14(16)18-12-4-2/h3-4H,1-2,5-12H2. The molecule has 0 aliphatic rings. The van der Waals surface area contributed by atoms with E-state index in [0.29, 0.717) is 12.8 Å². The molecule has 0 bridgehead atoms. The highest BCUT2D eigenvalue weighted by Crippen LogP contribution is 2.07. The summed E-state index contributed by atoms with van der Waals surface area (Å²) in [5.74, 6) is -0.388. The van der Waals surface area contributed by atoms with Crippen LogP contribution in [-0.4, -0.2) is 25.2 Å². The van der Waals surface area contributed by atoms with Crippen molar-refractivity contribution in [2.45, 2.75) is 38.5 Å². The summed E-state index contributed by atoms with van der Waals surface area (Å²) in [6.45, 7) is 7.47. The molecule has 0 rings (SSSR count). The number of hydrogen-bond donors (Lipinski definition) is 0. The van der Waals surface area contributed by atoms with Crippen LogP contribution in [0, 0.1) is 0 Å². The van der Waals surface area contributed by atoms with E-state index in [1.807, 2.05) is 0 Å². The molecule has 0 aliphatic heterocycles. The van der Waals surface area contributed by atoms with Crippen LogP contribution in [0.2, 0.25) is 0 Å². The Kier molecular flexibility index (Phi) is 10.8. The minimum absolute atomic E-state index is 0.194. The smallest absolute Gasteiger partial charge is 0.306 e. The summed E-state index contributed by atoms with van der Waals surface area (Å²) in [5.41, 5.74) is 0. The van der Waals surface area contributed by atoms with Crippen molar-refractivity contribution in [2.24, 2.45) is 0 Å². The number of carbonyl (C=O) groups excluding carboxylic acids is 2. The van der Waals surface area contributed by atoms with E-state index in [-0.39, 0.29) is 25.2 Å². The number of carbonyl (C=O) groups is 2. The number of ether oxygens (including phenoxy) is 2. The van der Waals surface area contributed by atoms with Crippen LogP contribution in [0.1, 0.15) is 38.5 Å². The summed E-state index contributed by atoms with van der Waals surface area (Å²) in [5, 5.41) is 0. The second-order valence-electron chi connectivity index (χ2n) is 3.86. The van der Waals surface area contributed by atoms with Crippen molar-refractivity contribution in [1.82, 2.24) is 0 Å². The Morgan fingerprint density at radius 1 is 0.778 bits per heavy atom. The van der Waals surface area contributed by atoms with E-state index in [9.17, 15) is 9.59 Å². The zero-order chi connectivity index (χ0) is 13.6. The van der Waals surface area contributed by atoms with Gasteiger partial charge in [-0.2, -0.15) is 0 Å². The number of unbranched alkanes of at least 4 members (excludes halogenated alkanes) is 3. The van der Waals surface area contributed by atoms with Crippen LogP contribution >= 0.6 is 0 Å². The molecule has 0 N–H and O–H groups in total. The van der Waals surface area contributed by atoms with Crippen molar-refractivity contribution in [2.75, 3.05) is 13.2 Å². The largest absolute Gasteiger partial charge is 0.461 e. The van der Waals surface area contributed by atoms with Gasteiger partial charge in [0.2, 0.25) is 0 Å². The number of hydrogen-bond acceptors (Lipinski definition) is 4. The molecule has 0 atom stereocenters. The summed E-state index contributed by atoms with van der Waals surface area (Å²) >= 11 is 0. The van der Waals surface area contributed by atoms with Crippen LogP contribution in [0.4, 0.5) is 0 Å². The molecule has 0 aromatic heterocycles. The Morgan fingerprint density at radius 2 is 1.17 bits per heavy atom. The molecule has 4 heteroatoms. The number of rotatable bonds is 11. The van der Waals surface area contributed by atoms with Gasteiger partial charge in [-0.1, -0.05) is 38.2 Å². The SMILES string of the molecule is C=CCOC(=O)CCCCCCC(=O)OCC=C. The molecule has 0 aromatic rings. The van der Waals surface area contributed by atoms with Crippen LogP contribution < -0.4 is 0 Å². The fourth-order valence-electron chi connectivity index (χ4n) is 1.34. The van der Waals surface area contributed by atoms with Gasteiger partial charge >= 0.3 is 11.9 Å². The lowest BCUT2D eigenvalue weighted by atomic mass is 10.1. The van der Waals surface area contributed by atoms with Crippen molar-refractivity contribution in [3.05, 3.63) is 25.3 Å². The van der Waals surface area contributed by atoms with Crippen molar-refractivity contribution in [3.8, 4) is 0 Å². The van der Waals surface area contributed by atoms with Gasteiger partial charge in [-0.25, -0.2) is 0 Å². The summed E-state index contributed by atoms with van der Waals surface area (Å²) in [6, 6.07) is 0. The Balaban J connectivity index is 3.29. The molecule has 0 saturated carbocycles. The Hall–Kier alpha value is -1.58. The van der Waals surface area contributed by atoms with Gasteiger partial charge in [-0.3, -0.25) is 9.59 Å². The van der Waals surface area contributed by atoms with Gasteiger partial charge in [0, 0.05) is 12.8 Å². The average molecular weight is 254 g/mol. The highest BCUT2D eigenvalue weighted by molar-refractivity contribution is 5.69. The van der Waals surface area contributed by atoms with Gasteiger partial charge in [0.15, 0.2) is 0 Å². The highest BCUT2D eigenvalue weighted by atomic mass is 16.5. The van der Waals surface area contributed by atoms with Gasteiger partial charge in [0.25, 0.3) is 0 Å². The quantitative estimate of drug-likeness (QED) is 0.323.